The zero-order valence-corrected chi connectivity index (χ0v) is 16.7. The minimum Gasteiger partial charge on any atom is -0.490 e. The summed E-state index contributed by atoms with van der Waals surface area (Å²) in [6, 6.07) is 15.0. The second-order valence-electron chi connectivity index (χ2n) is 9.44. The van der Waals surface area contributed by atoms with Crippen LogP contribution in [-0.2, 0) is 4.79 Å². The Morgan fingerprint density at radius 3 is 2.55 bits per heavy atom. The molecule has 4 fully saturated rings. The van der Waals surface area contributed by atoms with Crippen LogP contribution in [0.3, 0.4) is 0 Å². The number of aromatic amines is 1. The maximum atomic E-state index is 12.6. The monoisotopic (exact) mass is 386 g/mol. The zero-order chi connectivity index (χ0) is 19.6. The van der Waals surface area contributed by atoms with Crippen molar-refractivity contribution in [1.82, 2.24) is 4.98 Å². The van der Waals surface area contributed by atoms with Crippen molar-refractivity contribution in [2.75, 3.05) is 5.32 Å². The number of carbonyl (C=O) groups is 1. The average molecular weight is 386 g/mol. The van der Waals surface area contributed by atoms with Gasteiger partial charge in [-0.15, -0.1) is 0 Å². The first-order valence-electron chi connectivity index (χ1n) is 10.7. The van der Waals surface area contributed by atoms with Crippen LogP contribution in [0.1, 0.15) is 49.1 Å². The van der Waals surface area contributed by atoms with E-state index in [1.807, 2.05) is 18.3 Å². The van der Waals surface area contributed by atoms with Gasteiger partial charge in [-0.05, 0) is 74.6 Å². The molecule has 4 saturated carbocycles. The standard InChI is InChI=1S/C25H26N2O2/c1-15-2-4-17(5-3-15)18-8-20(9-18)29-19-6-7-22-21(10-19)23(14-26-22)27-24(28)25-11-16(12-25)13-25/h2-7,10,14,16,18,20,26H,8-9,11-13H2,1H3,(H,27,28). The number of ether oxygens (including phenoxy) is 1. The van der Waals surface area contributed by atoms with E-state index in [1.54, 1.807) is 0 Å². The Morgan fingerprint density at radius 2 is 1.86 bits per heavy atom. The number of hydrogen-bond donors (Lipinski definition) is 2. The lowest BCUT2D eigenvalue weighted by Crippen LogP contribution is -2.58. The van der Waals surface area contributed by atoms with E-state index in [4.69, 9.17) is 4.74 Å². The first-order chi connectivity index (χ1) is 14.1. The van der Waals surface area contributed by atoms with Gasteiger partial charge in [0.15, 0.2) is 0 Å². The molecule has 4 aliphatic rings. The van der Waals surface area contributed by atoms with Crippen molar-refractivity contribution in [3.63, 3.8) is 0 Å². The molecule has 0 aliphatic heterocycles. The summed E-state index contributed by atoms with van der Waals surface area (Å²) in [5.41, 5.74) is 4.54. The molecule has 2 N–H and O–H groups in total. The van der Waals surface area contributed by atoms with Gasteiger partial charge in [-0.2, -0.15) is 0 Å². The molecule has 0 spiro atoms. The third kappa shape index (κ3) is 2.77. The molecule has 1 heterocycles. The summed E-state index contributed by atoms with van der Waals surface area (Å²) < 4.78 is 6.24. The number of amides is 1. The van der Waals surface area contributed by atoms with E-state index in [-0.39, 0.29) is 17.4 Å². The maximum absolute atomic E-state index is 12.6. The molecule has 2 aromatic carbocycles. The lowest BCUT2D eigenvalue weighted by molar-refractivity contribution is -0.158. The van der Waals surface area contributed by atoms with Crippen LogP contribution >= 0.6 is 0 Å². The second kappa shape index (κ2) is 6.12. The predicted octanol–water partition coefficient (Wildman–Crippen LogP) is 5.54. The van der Waals surface area contributed by atoms with E-state index in [1.165, 1.54) is 11.1 Å². The van der Waals surface area contributed by atoms with Gasteiger partial charge in [0, 0.05) is 17.1 Å². The SMILES string of the molecule is Cc1ccc(C2CC(Oc3ccc4[nH]cc(NC(=O)C56CC(C5)C6)c4c3)C2)cc1. The molecular weight excluding hydrogens is 360 g/mol. The number of rotatable bonds is 5. The van der Waals surface area contributed by atoms with Crippen molar-refractivity contribution in [2.24, 2.45) is 11.3 Å². The molecule has 7 rings (SSSR count). The highest BCUT2D eigenvalue weighted by molar-refractivity contribution is 6.04. The Balaban J connectivity index is 1.13. The third-order valence-corrected chi connectivity index (χ3v) is 7.37. The van der Waals surface area contributed by atoms with Crippen molar-refractivity contribution in [1.29, 1.82) is 0 Å². The largest absolute Gasteiger partial charge is 0.490 e. The van der Waals surface area contributed by atoms with E-state index < -0.39 is 0 Å². The molecule has 0 unspecified atom stereocenters. The summed E-state index contributed by atoms with van der Waals surface area (Å²) in [6.07, 6.45) is 7.48. The Hall–Kier alpha value is -2.75. The average Bonchev–Trinajstić information content (AvgIpc) is 2.98. The summed E-state index contributed by atoms with van der Waals surface area (Å²) in [4.78, 5) is 15.9. The summed E-state index contributed by atoms with van der Waals surface area (Å²) in [5, 5.41) is 4.19. The van der Waals surface area contributed by atoms with Crippen LogP contribution in [0, 0.1) is 18.3 Å². The van der Waals surface area contributed by atoms with Gasteiger partial charge in [-0.25, -0.2) is 0 Å². The molecule has 3 aromatic rings. The summed E-state index contributed by atoms with van der Waals surface area (Å²) in [7, 11) is 0. The van der Waals surface area contributed by atoms with Gasteiger partial charge in [-0.3, -0.25) is 4.79 Å². The molecule has 29 heavy (non-hydrogen) atoms. The van der Waals surface area contributed by atoms with Crippen LogP contribution in [-0.4, -0.2) is 17.0 Å². The highest BCUT2D eigenvalue weighted by atomic mass is 16.5. The van der Waals surface area contributed by atoms with Gasteiger partial charge < -0.3 is 15.0 Å². The molecule has 1 aromatic heterocycles. The summed E-state index contributed by atoms with van der Waals surface area (Å²) in [5.74, 6) is 2.46. The lowest BCUT2D eigenvalue weighted by Gasteiger charge is -2.60. The van der Waals surface area contributed by atoms with E-state index in [0.29, 0.717) is 5.92 Å². The molecule has 0 radical (unpaired) electrons. The summed E-state index contributed by atoms with van der Waals surface area (Å²) >= 11 is 0. The van der Waals surface area contributed by atoms with Gasteiger partial charge in [0.2, 0.25) is 5.91 Å². The Labute approximate surface area is 170 Å². The minimum atomic E-state index is -0.0701. The Kier molecular flexibility index (Phi) is 3.62. The molecule has 1 amide bonds. The first-order valence-corrected chi connectivity index (χ1v) is 10.7. The van der Waals surface area contributed by atoms with Crippen LogP contribution in [0.5, 0.6) is 5.75 Å². The number of H-pyrrole nitrogens is 1. The number of aryl methyl sites for hydroxylation is 1. The zero-order valence-electron chi connectivity index (χ0n) is 16.7. The number of aromatic nitrogens is 1. The fourth-order valence-corrected chi connectivity index (χ4v) is 5.25. The minimum absolute atomic E-state index is 0.0701. The molecule has 0 atom stereocenters. The molecule has 4 aliphatic carbocycles. The lowest BCUT2D eigenvalue weighted by atomic mass is 9.44. The number of hydrogen-bond acceptors (Lipinski definition) is 2. The normalized spacial score (nSPS) is 29.5. The fraction of sp³-hybridized carbons (Fsp3) is 0.400. The number of nitrogens with one attached hydrogen (secondary N) is 2. The van der Waals surface area contributed by atoms with Gasteiger partial charge in [0.25, 0.3) is 0 Å². The van der Waals surface area contributed by atoms with Gasteiger partial charge >= 0.3 is 0 Å². The van der Waals surface area contributed by atoms with Crippen LogP contribution in [0.25, 0.3) is 10.9 Å². The number of carbonyl (C=O) groups excluding carboxylic acids is 1. The van der Waals surface area contributed by atoms with Gasteiger partial charge in [-0.1, -0.05) is 29.8 Å². The maximum Gasteiger partial charge on any atom is 0.230 e. The number of anilines is 1. The van der Waals surface area contributed by atoms with Crippen LogP contribution in [0.2, 0.25) is 0 Å². The first kappa shape index (κ1) is 17.1. The van der Waals surface area contributed by atoms with Crippen molar-refractivity contribution < 1.29 is 9.53 Å². The molecule has 148 valence electrons. The van der Waals surface area contributed by atoms with Crippen molar-refractivity contribution >= 4 is 22.5 Å². The van der Waals surface area contributed by atoms with Gasteiger partial charge in [0.05, 0.1) is 17.2 Å². The third-order valence-electron chi connectivity index (χ3n) is 7.37. The second-order valence-corrected chi connectivity index (χ2v) is 9.44. The van der Waals surface area contributed by atoms with Crippen LogP contribution < -0.4 is 10.1 Å². The molecule has 4 nitrogen and oxygen atoms in total. The van der Waals surface area contributed by atoms with Gasteiger partial charge in [0.1, 0.15) is 5.75 Å². The predicted molar refractivity (Wildman–Crippen MR) is 114 cm³/mol. The molecule has 2 bridgehead atoms. The van der Waals surface area contributed by atoms with Crippen molar-refractivity contribution in [3.05, 3.63) is 59.8 Å². The van der Waals surface area contributed by atoms with E-state index in [2.05, 4.69) is 47.6 Å². The molecular formula is C25H26N2O2. The van der Waals surface area contributed by atoms with Crippen molar-refractivity contribution in [2.45, 2.75) is 51.0 Å². The van der Waals surface area contributed by atoms with E-state index in [9.17, 15) is 4.79 Å². The van der Waals surface area contributed by atoms with E-state index in [0.717, 1.165) is 60.4 Å². The molecule has 0 saturated heterocycles. The van der Waals surface area contributed by atoms with Crippen molar-refractivity contribution in [3.8, 4) is 5.75 Å². The highest BCUT2D eigenvalue weighted by Gasteiger charge is 2.61. The Bertz CT molecular complexity index is 1070. The van der Waals surface area contributed by atoms with Crippen LogP contribution in [0.15, 0.2) is 48.7 Å². The number of benzene rings is 2. The highest BCUT2D eigenvalue weighted by Crippen LogP contribution is 2.64. The summed E-state index contributed by atoms with van der Waals surface area (Å²) in [6.45, 7) is 2.12. The molecule has 4 heteroatoms. The van der Waals surface area contributed by atoms with E-state index >= 15 is 0 Å². The quantitative estimate of drug-likeness (QED) is 0.605. The smallest absolute Gasteiger partial charge is 0.230 e. The Morgan fingerprint density at radius 1 is 1.10 bits per heavy atom. The van der Waals surface area contributed by atoms with Crippen LogP contribution in [0.4, 0.5) is 5.69 Å². The number of fused-ring (bicyclic) bond motifs is 1. The topological polar surface area (TPSA) is 54.1 Å². The fourth-order valence-electron chi connectivity index (χ4n) is 5.25.